The first-order chi connectivity index (χ1) is 10.7. The van der Waals surface area contributed by atoms with Crippen LogP contribution in [0.15, 0.2) is 53.5 Å². The lowest BCUT2D eigenvalue weighted by Crippen LogP contribution is -2.25. The second-order valence-corrected chi connectivity index (χ2v) is 5.90. The van der Waals surface area contributed by atoms with Crippen LogP contribution in [0.2, 0.25) is 0 Å². The summed E-state index contributed by atoms with van der Waals surface area (Å²) in [5.41, 5.74) is 2.00. The number of aryl methyl sites for hydroxylation is 1. The molecule has 0 spiro atoms. The highest BCUT2D eigenvalue weighted by Crippen LogP contribution is 2.31. The highest BCUT2D eigenvalue weighted by Gasteiger charge is 2.35. The Labute approximate surface area is 130 Å². The maximum Gasteiger partial charge on any atom is 0.253 e. The van der Waals surface area contributed by atoms with Gasteiger partial charge in [-0.2, -0.15) is 5.26 Å². The zero-order chi connectivity index (χ0) is 15.5. The molecule has 112 valence electrons. The Kier molecular flexibility index (Phi) is 4.08. The smallest absolute Gasteiger partial charge is 0.253 e. The molecule has 1 aromatic carbocycles. The number of hydrogen-bond acceptors (Lipinski definition) is 3. The fourth-order valence-electron chi connectivity index (χ4n) is 3.20. The fraction of sp³-hybridized carbons (Fsp3) is 0.333. The summed E-state index contributed by atoms with van der Waals surface area (Å²) in [7, 11) is 1.75. The minimum absolute atomic E-state index is 0.00591. The van der Waals surface area contributed by atoms with Crippen molar-refractivity contribution in [2.24, 2.45) is 13.0 Å². The normalized spacial score (nSPS) is 21.6. The van der Waals surface area contributed by atoms with Crippen molar-refractivity contribution in [3.8, 4) is 6.07 Å². The van der Waals surface area contributed by atoms with Gasteiger partial charge in [0.1, 0.15) is 0 Å². The summed E-state index contributed by atoms with van der Waals surface area (Å²) in [6.07, 6.45) is 1.75. The summed E-state index contributed by atoms with van der Waals surface area (Å²) in [4.78, 5) is 14.6. The molecular formula is C18H19N3O. The summed E-state index contributed by atoms with van der Waals surface area (Å²) in [6, 6.07) is 16.4. The Balaban J connectivity index is 1.82. The minimum atomic E-state index is -0.126. The van der Waals surface area contributed by atoms with Gasteiger partial charge in [0.25, 0.3) is 5.56 Å². The molecule has 1 aromatic heterocycles. The van der Waals surface area contributed by atoms with Crippen LogP contribution in [-0.4, -0.2) is 22.6 Å². The molecule has 0 radical (unpaired) electrons. The number of aromatic nitrogens is 1. The van der Waals surface area contributed by atoms with Crippen LogP contribution in [-0.2, 0) is 13.6 Å². The quantitative estimate of drug-likeness (QED) is 0.871. The van der Waals surface area contributed by atoms with E-state index in [1.54, 1.807) is 17.8 Å². The van der Waals surface area contributed by atoms with Crippen LogP contribution in [0.1, 0.15) is 17.0 Å². The third kappa shape index (κ3) is 2.81. The minimum Gasteiger partial charge on any atom is -0.318 e. The van der Waals surface area contributed by atoms with Crippen LogP contribution in [0.4, 0.5) is 0 Å². The van der Waals surface area contributed by atoms with E-state index in [1.807, 2.05) is 30.3 Å². The SMILES string of the molecule is Cn1cccc([C@@H]2CN(Cc3ccccc3)C[C@H]2C#N)c1=O. The molecule has 0 aliphatic carbocycles. The maximum absolute atomic E-state index is 12.3. The molecule has 2 aromatic rings. The second-order valence-electron chi connectivity index (χ2n) is 5.90. The Morgan fingerprint density at radius 3 is 2.68 bits per heavy atom. The van der Waals surface area contributed by atoms with Gasteiger partial charge in [0, 0.05) is 44.4 Å². The Bertz CT molecular complexity index is 745. The standard InChI is InChI=1S/C18H19N3O/c1-20-9-5-8-16(18(20)22)17-13-21(12-15(17)10-19)11-14-6-3-2-4-7-14/h2-9,15,17H,11-13H2,1H3/t15-,17-/m1/s1. The van der Waals surface area contributed by atoms with Crippen LogP contribution in [0, 0.1) is 17.2 Å². The number of nitriles is 1. The first kappa shape index (κ1) is 14.6. The molecule has 3 rings (SSSR count). The molecule has 0 N–H and O–H groups in total. The summed E-state index contributed by atoms with van der Waals surface area (Å²) in [6.45, 7) is 2.29. The second kappa shape index (κ2) is 6.17. The first-order valence-electron chi connectivity index (χ1n) is 7.50. The van der Waals surface area contributed by atoms with Crippen molar-refractivity contribution in [1.82, 2.24) is 9.47 Å². The molecule has 2 heterocycles. The van der Waals surface area contributed by atoms with Crippen LogP contribution < -0.4 is 5.56 Å². The van der Waals surface area contributed by atoms with E-state index >= 15 is 0 Å². The van der Waals surface area contributed by atoms with Crippen LogP contribution in [0.5, 0.6) is 0 Å². The highest BCUT2D eigenvalue weighted by atomic mass is 16.1. The molecule has 22 heavy (non-hydrogen) atoms. The van der Waals surface area contributed by atoms with Crippen molar-refractivity contribution in [2.45, 2.75) is 12.5 Å². The average molecular weight is 293 g/mol. The predicted octanol–water partition coefficient (Wildman–Crippen LogP) is 2.12. The van der Waals surface area contributed by atoms with E-state index in [0.29, 0.717) is 6.54 Å². The number of hydrogen-bond donors (Lipinski definition) is 0. The third-order valence-corrected chi connectivity index (χ3v) is 4.36. The third-order valence-electron chi connectivity index (χ3n) is 4.36. The largest absolute Gasteiger partial charge is 0.318 e. The van der Waals surface area contributed by atoms with Gasteiger partial charge >= 0.3 is 0 Å². The van der Waals surface area contributed by atoms with Crippen LogP contribution in [0.25, 0.3) is 0 Å². The lowest BCUT2D eigenvalue weighted by molar-refractivity contribution is 0.322. The number of benzene rings is 1. The van der Waals surface area contributed by atoms with Gasteiger partial charge in [0.15, 0.2) is 0 Å². The molecular weight excluding hydrogens is 274 g/mol. The molecule has 0 saturated carbocycles. The van der Waals surface area contributed by atoms with E-state index in [4.69, 9.17) is 0 Å². The monoisotopic (exact) mass is 293 g/mol. The van der Waals surface area contributed by atoms with Crippen molar-refractivity contribution >= 4 is 0 Å². The number of nitrogens with zero attached hydrogens (tertiary/aromatic N) is 3. The molecule has 1 fully saturated rings. The van der Waals surface area contributed by atoms with E-state index in [2.05, 4.69) is 23.1 Å². The lowest BCUT2D eigenvalue weighted by atomic mass is 9.91. The molecule has 0 unspecified atom stereocenters. The molecule has 2 atom stereocenters. The van der Waals surface area contributed by atoms with Gasteiger partial charge in [-0.15, -0.1) is 0 Å². The topological polar surface area (TPSA) is 49.0 Å². The van der Waals surface area contributed by atoms with Gasteiger partial charge in [0.2, 0.25) is 0 Å². The molecule has 1 saturated heterocycles. The summed E-state index contributed by atoms with van der Waals surface area (Å²) in [5.74, 6) is -0.132. The molecule has 1 aliphatic heterocycles. The van der Waals surface area contributed by atoms with Crippen molar-refractivity contribution < 1.29 is 0 Å². The fourth-order valence-corrected chi connectivity index (χ4v) is 3.20. The van der Waals surface area contributed by atoms with Crippen molar-refractivity contribution in [3.05, 3.63) is 70.1 Å². The summed E-state index contributed by atoms with van der Waals surface area (Å²) < 4.78 is 1.59. The Morgan fingerprint density at radius 1 is 1.18 bits per heavy atom. The average Bonchev–Trinajstić information content (AvgIpc) is 2.93. The van der Waals surface area contributed by atoms with Crippen molar-refractivity contribution in [2.75, 3.05) is 13.1 Å². The Morgan fingerprint density at radius 2 is 1.95 bits per heavy atom. The lowest BCUT2D eigenvalue weighted by Gasteiger charge is -2.16. The van der Waals surface area contributed by atoms with Crippen LogP contribution >= 0.6 is 0 Å². The van der Waals surface area contributed by atoms with Crippen molar-refractivity contribution in [1.29, 1.82) is 5.26 Å². The zero-order valence-electron chi connectivity index (χ0n) is 12.6. The van der Waals surface area contributed by atoms with E-state index < -0.39 is 0 Å². The molecule has 4 heteroatoms. The first-order valence-corrected chi connectivity index (χ1v) is 7.50. The van der Waals surface area contributed by atoms with E-state index in [0.717, 1.165) is 18.7 Å². The van der Waals surface area contributed by atoms with Gasteiger partial charge in [-0.1, -0.05) is 36.4 Å². The molecule has 4 nitrogen and oxygen atoms in total. The van der Waals surface area contributed by atoms with Crippen LogP contribution in [0.3, 0.4) is 0 Å². The van der Waals surface area contributed by atoms with Crippen molar-refractivity contribution in [3.63, 3.8) is 0 Å². The number of rotatable bonds is 3. The van der Waals surface area contributed by atoms with E-state index in [1.165, 1.54) is 5.56 Å². The number of likely N-dealkylation sites (tertiary alicyclic amines) is 1. The highest BCUT2D eigenvalue weighted by molar-refractivity contribution is 5.23. The van der Waals surface area contributed by atoms with Gasteiger partial charge in [0.05, 0.1) is 12.0 Å². The molecule has 1 aliphatic rings. The van der Waals surface area contributed by atoms with Gasteiger partial charge in [-0.25, -0.2) is 0 Å². The Hall–Kier alpha value is -2.38. The molecule has 0 amide bonds. The maximum atomic E-state index is 12.3. The van der Waals surface area contributed by atoms with Gasteiger partial charge in [-0.05, 0) is 11.6 Å². The van der Waals surface area contributed by atoms with Gasteiger partial charge < -0.3 is 4.57 Å². The van der Waals surface area contributed by atoms with E-state index in [-0.39, 0.29) is 17.4 Å². The summed E-state index contributed by atoms with van der Waals surface area (Å²) in [5, 5.41) is 9.46. The van der Waals surface area contributed by atoms with Gasteiger partial charge in [-0.3, -0.25) is 9.69 Å². The number of pyridine rings is 1. The van der Waals surface area contributed by atoms with E-state index in [9.17, 15) is 10.1 Å². The summed E-state index contributed by atoms with van der Waals surface area (Å²) >= 11 is 0. The zero-order valence-corrected chi connectivity index (χ0v) is 12.6. The molecule has 0 bridgehead atoms. The predicted molar refractivity (Wildman–Crippen MR) is 85.2 cm³/mol.